The molecule has 0 fully saturated rings. The Morgan fingerprint density at radius 1 is 1.42 bits per heavy atom. The molecule has 1 aromatic rings. The number of aryl methyl sites for hydroxylation is 1. The summed E-state index contributed by atoms with van der Waals surface area (Å²) in [5.74, 6) is 6.32. The van der Waals surface area contributed by atoms with Crippen LogP contribution in [0.15, 0.2) is 6.20 Å². The Hall–Kier alpha value is -0.940. The van der Waals surface area contributed by atoms with E-state index in [1.807, 2.05) is 10.9 Å². The van der Waals surface area contributed by atoms with Crippen molar-refractivity contribution in [3.63, 3.8) is 0 Å². The number of hydrogen-bond acceptors (Lipinski definition) is 4. The van der Waals surface area contributed by atoms with Gasteiger partial charge in [0.1, 0.15) is 0 Å². The molecule has 0 spiro atoms. The Labute approximate surface area is 116 Å². The Bertz CT molecular complexity index is 366. The second-order valence-electron chi connectivity index (χ2n) is 6.71. The second kappa shape index (κ2) is 7.01. The number of aromatic nitrogens is 3. The minimum atomic E-state index is 0.124. The first kappa shape index (κ1) is 16.1. The Morgan fingerprint density at radius 3 is 2.63 bits per heavy atom. The Balaban J connectivity index is 2.69. The summed E-state index contributed by atoms with van der Waals surface area (Å²) in [7, 11) is 0. The quantitative estimate of drug-likeness (QED) is 0.588. The lowest BCUT2D eigenvalue weighted by molar-refractivity contribution is 0.272. The molecule has 0 aliphatic carbocycles. The van der Waals surface area contributed by atoms with Crippen LogP contribution in [0.2, 0.25) is 0 Å². The van der Waals surface area contributed by atoms with Gasteiger partial charge in [0.05, 0.1) is 17.9 Å². The zero-order valence-electron chi connectivity index (χ0n) is 13.0. The van der Waals surface area contributed by atoms with Gasteiger partial charge in [0.25, 0.3) is 0 Å². The van der Waals surface area contributed by atoms with E-state index in [1.165, 1.54) is 6.42 Å². The molecule has 1 aromatic heterocycles. The fraction of sp³-hybridized carbons (Fsp3) is 0.857. The second-order valence-corrected chi connectivity index (χ2v) is 6.71. The van der Waals surface area contributed by atoms with Crippen molar-refractivity contribution in [2.24, 2.45) is 17.2 Å². The fourth-order valence-corrected chi connectivity index (χ4v) is 2.73. The highest BCUT2D eigenvalue weighted by molar-refractivity contribution is 5.02. The SMILES string of the molecule is CCCn1nncc1C(CC(C)CC(C)(C)C)NN. The van der Waals surface area contributed by atoms with E-state index in [2.05, 4.69) is 50.4 Å². The van der Waals surface area contributed by atoms with Gasteiger partial charge >= 0.3 is 0 Å². The highest BCUT2D eigenvalue weighted by Crippen LogP contribution is 2.30. The van der Waals surface area contributed by atoms with Crippen LogP contribution >= 0.6 is 0 Å². The lowest BCUT2D eigenvalue weighted by Gasteiger charge is -2.26. The average molecular weight is 267 g/mol. The van der Waals surface area contributed by atoms with Crippen molar-refractivity contribution in [1.82, 2.24) is 20.4 Å². The molecule has 0 aliphatic heterocycles. The molecule has 5 nitrogen and oxygen atoms in total. The van der Waals surface area contributed by atoms with Crippen LogP contribution in [0.5, 0.6) is 0 Å². The van der Waals surface area contributed by atoms with Crippen molar-refractivity contribution in [3.8, 4) is 0 Å². The highest BCUT2D eigenvalue weighted by Gasteiger charge is 2.22. The number of nitrogens with two attached hydrogens (primary N) is 1. The van der Waals surface area contributed by atoms with E-state index in [9.17, 15) is 0 Å². The molecular weight excluding hydrogens is 238 g/mol. The van der Waals surface area contributed by atoms with Gasteiger partial charge < -0.3 is 0 Å². The molecule has 1 rings (SSSR count). The minimum absolute atomic E-state index is 0.124. The maximum Gasteiger partial charge on any atom is 0.0770 e. The molecular formula is C14H29N5. The lowest BCUT2D eigenvalue weighted by Crippen LogP contribution is -2.31. The van der Waals surface area contributed by atoms with Crippen LogP contribution < -0.4 is 11.3 Å². The summed E-state index contributed by atoms with van der Waals surface area (Å²) in [5.41, 5.74) is 4.35. The third-order valence-electron chi connectivity index (χ3n) is 3.24. The summed E-state index contributed by atoms with van der Waals surface area (Å²) in [6, 6.07) is 0.124. The van der Waals surface area contributed by atoms with Gasteiger partial charge in [0.2, 0.25) is 0 Å². The molecule has 5 heteroatoms. The van der Waals surface area contributed by atoms with Crippen LogP contribution in [0.25, 0.3) is 0 Å². The number of hydrogen-bond donors (Lipinski definition) is 2. The predicted octanol–water partition coefficient (Wildman–Crippen LogP) is 2.65. The molecule has 2 unspecified atom stereocenters. The fourth-order valence-electron chi connectivity index (χ4n) is 2.73. The molecule has 0 radical (unpaired) electrons. The smallest absolute Gasteiger partial charge is 0.0770 e. The number of nitrogens with zero attached hydrogens (tertiary/aromatic N) is 3. The van der Waals surface area contributed by atoms with Crippen LogP contribution in [-0.2, 0) is 6.54 Å². The van der Waals surface area contributed by atoms with Crippen LogP contribution in [0, 0.1) is 11.3 Å². The third kappa shape index (κ3) is 5.28. The van der Waals surface area contributed by atoms with Crippen LogP contribution in [0.3, 0.4) is 0 Å². The third-order valence-corrected chi connectivity index (χ3v) is 3.24. The number of hydrazine groups is 1. The molecule has 3 N–H and O–H groups in total. The van der Waals surface area contributed by atoms with E-state index < -0.39 is 0 Å². The first-order chi connectivity index (χ1) is 8.87. The van der Waals surface area contributed by atoms with E-state index >= 15 is 0 Å². The van der Waals surface area contributed by atoms with Gasteiger partial charge in [-0.2, -0.15) is 0 Å². The summed E-state index contributed by atoms with van der Waals surface area (Å²) < 4.78 is 1.95. The Kier molecular flexibility index (Phi) is 5.94. The van der Waals surface area contributed by atoms with Crippen molar-refractivity contribution < 1.29 is 0 Å². The van der Waals surface area contributed by atoms with Crippen molar-refractivity contribution in [3.05, 3.63) is 11.9 Å². The van der Waals surface area contributed by atoms with Crippen molar-refractivity contribution in [2.45, 2.75) is 66.5 Å². The first-order valence-electron chi connectivity index (χ1n) is 7.22. The largest absolute Gasteiger partial charge is 0.271 e. The topological polar surface area (TPSA) is 68.8 Å². The summed E-state index contributed by atoms with van der Waals surface area (Å²) >= 11 is 0. The van der Waals surface area contributed by atoms with Gasteiger partial charge in [0, 0.05) is 6.54 Å². The Morgan fingerprint density at radius 2 is 2.11 bits per heavy atom. The van der Waals surface area contributed by atoms with Gasteiger partial charge in [0.15, 0.2) is 0 Å². The van der Waals surface area contributed by atoms with Crippen LogP contribution in [-0.4, -0.2) is 15.0 Å². The summed E-state index contributed by atoms with van der Waals surface area (Å²) in [6.45, 7) is 12.1. The van der Waals surface area contributed by atoms with E-state index in [0.29, 0.717) is 11.3 Å². The molecule has 0 saturated heterocycles. The van der Waals surface area contributed by atoms with Crippen molar-refractivity contribution >= 4 is 0 Å². The maximum atomic E-state index is 5.72. The number of nitrogens with one attached hydrogen (secondary N) is 1. The van der Waals surface area contributed by atoms with Crippen molar-refractivity contribution in [2.75, 3.05) is 0 Å². The van der Waals surface area contributed by atoms with Gasteiger partial charge in [-0.05, 0) is 30.6 Å². The molecule has 110 valence electrons. The molecule has 0 amide bonds. The minimum Gasteiger partial charge on any atom is -0.271 e. The summed E-state index contributed by atoms with van der Waals surface area (Å²) in [6.07, 6.45) is 5.06. The summed E-state index contributed by atoms with van der Waals surface area (Å²) in [4.78, 5) is 0. The van der Waals surface area contributed by atoms with Gasteiger partial charge in [-0.15, -0.1) is 5.10 Å². The van der Waals surface area contributed by atoms with Gasteiger partial charge in [-0.25, -0.2) is 4.68 Å². The first-order valence-corrected chi connectivity index (χ1v) is 7.22. The molecule has 0 bridgehead atoms. The van der Waals surface area contributed by atoms with Gasteiger partial charge in [-0.3, -0.25) is 11.3 Å². The molecule has 0 aromatic carbocycles. The molecule has 2 atom stereocenters. The predicted molar refractivity (Wildman–Crippen MR) is 78.2 cm³/mol. The van der Waals surface area contributed by atoms with Crippen LogP contribution in [0.4, 0.5) is 0 Å². The summed E-state index contributed by atoms with van der Waals surface area (Å²) in [5, 5.41) is 8.14. The molecule has 0 saturated carbocycles. The van der Waals surface area contributed by atoms with E-state index in [1.54, 1.807) is 0 Å². The molecule has 1 heterocycles. The van der Waals surface area contributed by atoms with Gasteiger partial charge in [-0.1, -0.05) is 39.8 Å². The lowest BCUT2D eigenvalue weighted by atomic mass is 9.82. The van der Waals surface area contributed by atoms with E-state index in [4.69, 9.17) is 5.84 Å². The highest BCUT2D eigenvalue weighted by atomic mass is 15.4. The number of rotatable bonds is 7. The molecule has 0 aliphatic rings. The standard InChI is InChI=1S/C14H29N5/c1-6-7-19-13(10-16-18-19)12(17-15)8-11(2)9-14(3,4)5/h10-12,17H,6-9,15H2,1-5H3. The normalized spacial score (nSPS) is 15.5. The van der Waals surface area contributed by atoms with E-state index in [0.717, 1.165) is 25.1 Å². The zero-order chi connectivity index (χ0) is 14.5. The zero-order valence-corrected chi connectivity index (χ0v) is 13.0. The average Bonchev–Trinajstić information content (AvgIpc) is 2.72. The van der Waals surface area contributed by atoms with Crippen LogP contribution in [0.1, 0.15) is 65.6 Å². The maximum absolute atomic E-state index is 5.72. The molecule has 19 heavy (non-hydrogen) atoms. The van der Waals surface area contributed by atoms with E-state index in [-0.39, 0.29) is 6.04 Å². The van der Waals surface area contributed by atoms with Crippen molar-refractivity contribution in [1.29, 1.82) is 0 Å². The monoisotopic (exact) mass is 267 g/mol.